The Morgan fingerprint density at radius 1 is 1.24 bits per heavy atom. The van der Waals surface area contributed by atoms with E-state index in [0.29, 0.717) is 0 Å². The summed E-state index contributed by atoms with van der Waals surface area (Å²) < 4.78 is 38.6. The third-order valence-corrected chi connectivity index (χ3v) is 5.35. The summed E-state index contributed by atoms with van der Waals surface area (Å²) in [5.41, 5.74) is -0.975. The lowest BCUT2D eigenvalue weighted by Gasteiger charge is -2.42. The van der Waals surface area contributed by atoms with Crippen molar-refractivity contribution in [1.29, 1.82) is 0 Å². The van der Waals surface area contributed by atoms with Gasteiger partial charge in [-0.1, -0.05) is 34.1 Å². The number of carbonyl (C=O) groups is 2. The molecular formula is C17H28F3N3O2. The maximum absolute atomic E-state index is 13.0. The minimum absolute atomic E-state index is 0.00963. The molecule has 1 aliphatic carbocycles. The zero-order valence-corrected chi connectivity index (χ0v) is 15.3. The van der Waals surface area contributed by atoms with Gasteiger partial charge in [0, 0.05) is 6.54 Å². The Hall–Kier alpha value is -1.31. The molecule has 5 nitrogen and oxygen atoms in total. The second-order valence-electron chi connectivity index (χ2n) is 7.93. The molecule has 0 bridgehead atoms. The Morgan fingerprint density at radius 2 is 1.80 bits per heavy atom. The monoisotopic (exact) mass is 363 g/mol. The van der Waals surface area contributed by atoms with Gasteiger partial charge in [-0.25, -0.2) is 9.69 Å². The van der Waals surface area contributed by atoms with E-state index in [1.807, 2.05) is 27.7 Å². The van der Waals surface area contributed by atoms with Crippen molar-refractivity contribution < 1.29 is 22.8 Å². The number of imide groups is 1. The second kappa shape index (κ2) is 7.13. The van der Waals surface area contributed by atoms with Crippen molar-refractivity contribution in [3.63, 3.8) is 0 Å². The number of hydrogen-bond acceptors (Lipinski definition) is 3. The normalized spacial score (nSPS) is 26.8. The van der Waals surface area contributed by atoms with Crippen LogP contribution >= 0.6 is 0 Å². The van der Waals surface area contributed by atoms with Crippen LogP contribution in [0, 0.1) is 17.8 Å². The fourth-order valence-corrected chi connectivity index (χ4v) is 4.22. The first-order valence-corrected chi connectivity index (χ1v) is 8.90. The lowest BCUT2D eigenvalue weighted by Crippen LogP contribution is -2.59. The Balaban J connectivity index is 2.20. The molecule has 2 aliphatic rings. The second-order valence-corrected chi connectivity index (χ2v) is 7.93. The standard InChI is InChI=1S/C17H28F3N3O2/c1-11(2)8-22(9-16(18,19)20)10-23-14(24)17(21-15(23)25)12(3)6-5-7-13(17)4/h11-13H,5-10H2,1-4H3,(H,21,25)/t12-,13-/m1/s1. The van der Waals surface area contributed by atoms with Gasteiger partial charge in [-0.15, -0.1) is 0 Å². The van der Waals surface area contributed by atoms with Crippen LogP contribution in [0.2, 0.25) is 0 Å². The summed E-state index contributed by atoms with van der Waals surface area (Å²) in [5, 5.41) is 2.82. The topological polar surface area (TPSA) is 52.6 Å². The van der Waals surface area contributed by atoms with Gasteiger partial charge in [0.1, 0.15) is 5.54 Å². The molecular weight excluding hydrogens is 335 g/mol. The maximum Gasteiger partial charge on any atom is 0.401 e. The number of nitrogens with one attached hydrogen (secondary N) is 1. The number of nitrogens with zero attached hydrogens (tertiary/aromatic N) is 2. The molecule has 2 fully saturated rings. The lowest BCUT2D eigenvalue weighted by atomic mass is 9.67. The van der Waals surface area contributed by atoms with Crippen molar-refractivity contribution >= 4 is 11.9 Å². The number of halogens is 3. The van der Waals surface area contributed by atoms with Gasteiger partial charge >= 0.3 is 12.2 Å². The Morgan fingerprint density at radius 3 is 2.28 bits per heavy atom. The van der Waals surface area contributed by atoms with Crippen molar-refractivity contribution in [3.8, 4) is 0 Å². The lowest BCUT2D eigenvalue weighted by molar-refractivity contribution is -0.155. The van der Waals surface area contributed by atoms with E-state index in [2.05, 4.69) is 5.32 Å². The zero-order chi connectivity index (χ0) is 19.0. The molecule has 1 saturated carbocycles. The summed E-state index contributed by atoms with van der Waals surface area (Å²) in [6.45, 7) is 6.17. The van der Waals surface area contributed by atoms with Gasteiger partial charge in [0.2, 0.25) is 0 Å². The summed E-state index contributed by atoms with van der Waals surface area (Å²) >= 11 is 0. The number of hydrogen-bond donors (Lipinski definition) is 1. The third-order valence-electron chi connectivity index (χ3n) is 5.35. The number of urea groups is 1. The first kappa shape index (κ1) is 20.0. The number of rotatable bonds is 5. The molecule has 1 aliphatic heterocycles. The molecule has 2 rings (SSSR count). The van der Waals surface area contributed by atoms with Crippen molar-refractivity contribution in [3.05, 3.63) is 0 Å². The summed E-state index contributed by atoms with van der Waals surface area (Å²) in [7, 11) is 0. The minimum Gasteiger partial charge on any atom is -0.323 e. The van der Waals surface area contributed by atoms with Gasteiger partial charge in [0.05, 0.1) is 13.2 Å². The van der Waals surface area contributed by atoms with Crippen LogP contribution in [0.4, 0.5) is 18.0 Å². The van der Waals surface area contributed by atoms with Crippen molar-refractivity contribution in [1.82, 2.24) is 15.1 Å². The first-order chi connectivity index (χ1) is 11.5. The van der Waals surface area contributed by atoms with E-state index in [1.165, 1.54) is 0 Å². The summed E-state index contributed by atoms with van der Waals surface area (Å²) in [6.07, 6.45) is -1.75. The zero-order valence-electron chi connectivity index (χ0n) is 15.3. The largest absolute Gasteiger partial charge is 0.401 e. The van der Waals surface area contributed by atoms with Crippen molar-refractivity contribution in [2.45, 2.75) is 58.7 Å². The average molecular weight is 363 g/mol. The van der Waals surface area contributed by atoms with Gasteiger partial charge in [0.25, 0.3) is 5.91 Å². The highest BCUT2D eigenvalue weighted by Crippen LogP contribution is 2.42. The van der Waals surface area contributed by atoms with Crippen LogP contribution in [0.25, 0.3) is 0 Å². The minimum atomic E-state index is -4.38. The van der Waals surface area contributed by atoms with E-state index in [4.69, 9.17) is 0 Å². The molecule has 25 heavy (non-hydrogen) atoms. The highest BCUT2D eigenvalue weighted by atomic mass is 19.4. The fraction of sp³-hybridized carbons (Fsp3) is 0.882. The third kappa shape index (κ3) is 4.10. The van der Waals surface area contributed by atoms with Gasteiger partial charge in [-0.2, -0.15) is 13.2 Å². The molecule has 0 aromatic heterocycles. The molecule has 0 unspecified atom stereocenters. The predicted molar refractivity (Wildman–Crippen MR) is 87.6 cm³/mol. The number of carbonyl (C=O) groups excluding carboxylic acids is 2. The van der Waals surface area contributed by atoms with Crippen molar-refractivity contribution in [2.24, 2.45) is 17.8 Å². The van der Waals surface area contributed by atoms with E-state index < -0.39 is 24.3 Å². The molecule has 0 aromatic carbocycles. The molecule has 2 atom stereocenters. The van der Waals surface area contributed by atoms with Crippen LogP contribution in [-0.2, 0) is 4.79 Å². The first-order valence-electron chi connectivity index (χ1n) is 8.90. The summed E-state index contributed by atoms with van der Waals surface area (Å²) in [6, 6.07) is -0.582. The SMILES string of the molecule is CC(C)CN(CN1C(=O)NC2(C1=O)[C@H](C)CCC[C@H]2C)CC(F)(F)F. The van der Waals surface area contributed by atoms with E-state index in [-0.39, 0.29) is 36.9 Å². The molecule has 144 valence electrons. The van der Waals surface area contributed by atoms with Crippen LogP contribution < -0.4 is 5.32 Å². The maximum atomic E-state index is 13.0. The summed E-state index contributed by atoms with van der Waals surface area (Å²) in [4.78, 5) is 27.5. The molecule has 8 heteroatoms. The van der Waals surface area contributed by atoms with E-state index in [9.17, 15) is 22.8 Å². The number of alkyl halides is 3. The molecule has 0 aromatic rings. The number of amides is 3. The van der Waals surface area contributed by atoms with Crippen LogP contribution in [0.1, 0.15) is 47.0 Å². The smallest absolute Gasteiger partial charge is 0.323 e. The van der Waals surface area contributed by atoms with Gasteiger partial charge in [-0.05, 0) is 30.6 Å². The fourth-order valence-electron chi connectivity index (χ4n) is 4.22. The quantitative estimate of drug-likeness (QED) is 0.763. The van der Waals surface area contributed by atoms with E-state index in [1.54, 1.807) is 0 Å². The summed E-state index contributed by atoms with van der Waals surface area (Å²) in [5.74, 6) is -0.449. The van der Waals surface area contributed by atoms with E-state index in [0.717, 1.165) is 29.1 Å². The van der Waals surface area contributed by atoms with E-state index >= 15 is 0 Å². The van der Waals surface area contributed by atoms with Crippen molar-refractivity contribution in [2.75, 3.05) is 19.8 Å². The Kier molecular flexibility index (Phi) is 5.71. The van der Waals surface area contributed by atoms with Crippen LogP contribution in [0.5, 0.6) is 0 Å². The highest BCUT2D eigenvalue weighted by Gasteiger charge is 2.58. The van der Waals surface area contributed by atoms with Crippen LogP contribution in [0.15, 0.2) is 0 Å². The molecule has 3 amide bonds. The average Bonchev–Trinajstić information content (AvgIpc) is 2.68. The highest BCUT2D eigenvalue weighted by molar-refractivity contribution is 6.07. The molecule has 1 saturated heterocycles. The van der Waals surface area contributed by atoms with Crippen LogP contribution in [-0.4, -0.2) is 53.2 Å². The van der Waals surface area contributed by atoms with Gasteiger partial charge < -0.3 is 5.32 Å². The van der Waals surface area contributed by atoms with Gasteiger partial charge in [-0.3, -0.25) is 9.69 Å². The molecule has 1 spiro atoms. The molecule has 1 heterocycles. The molecule has 1 N–H and O–H groups in total. The molecule has 0 radical (unpaired) electrons. The Labute approximate surface area is 146 Å². The van der Waals surface area contributed by atoms with Gasteiger partial charge in [0.15, 0.2) is 0 Å². The Bertz CT molecular complexity index is 512. The predicted octanol–water partition coefficient (Wildman–Crippen LogP) is 3.21. The van der Waals surface area contributed by atoms with Crippen LogP contribution in [0.3, 0.4) is 0 Å².